The van der Waals surface area contributed by atoms with E-state index in [1.165, 1.54) is 0 Å². The average Bonchev–Trinajstić information content (AvgIpc) is 2.95. The maximum atomic E-state index is 6.52. The second-order valence-electron chi connectivity index (χ2n) is 8.53. The molecule has 0 bridgehead atoms. The van der Waals surface area contributed by atoms with Crippen LogP contribution in [0.25, 0.3) is 6.08 Å². The Balaban J connectivity index is 1.49. The number of halogens is 1. The van der Waals surface area contributed by atoms with Crippen LogP contribution < -0.4 is 18.9 Å². The van der Waals surface area contributed by atoms with Crippen molar-refractivity contribution in [2.24, 2.45) is 0 Å². The highest BCUT2D eigenvalue weighted by molar-refractivity contribution is 14.1. The lowest BCUT2D eigenvalue weighted by Gasteiger charge is -2.28. The monoisotopic (exact) mass is 606 g/mol. The zero-order chi connectivity index (χ0) is 25.6. The van der Waals surface area contributed by atoms with Gasteiger partial charge < -0.3 is 23.7 Å². The van der Waals surface area contributed by atoms with Crippen LogP contribution in [0.15, 0.2) is 96.8 Å². The quantitative estimate of drug-likeness (QED) is 0.184. The van der Waals surface area contributed by atoms with Crippen LogP contribution >= 0.6 is 22.6 Å². The third-order valence-corrected chi connectivity index (χ3v) is 6.71. The molecule has 1 aliphatic rings. The van der Waals surface area contributed by atoms with E-state index < -0.39 is 6.10 Å². The lowest BCUT2D eigenvalue weighted by molar-refractivity contribution is 0.107. The molecule has 1 unspecified atom stereocenters. The van der Waals surface area contributed by atoms with Gasteiger partial charge in [0.1, 0.15) is 24.7 Å². The summed E-state index contributed by atoms with van der Waals surface area (Å²) in [6.07, 6.45) is 1.56. The van der Waals surface area contributed by atoms with Gasteiger partial charge in [0.05, 0.1) is 14.2 Å². The molecule has 0 saturated heterocycles. The van der Waals surface area contributed by atoms with Crippen LogP contribution in [0.2, 0.25) is 0 Å². The van der Waals surface area contributed by atoms with Crippen LogP contribution in [0.4, 0.5) is 0 Å². The second-order valence-corrected chi connectivity index (χ2v) is 9.78. The van der Waals surface area contributed by atoms with Crippen molar-refractivity contribution in [2.75, 3.05) is 14.2 Å². The van der Waals surface area contributed by atoms with E-state index in [4.69, 9.17) is 23.7 Å². The second kappa shape index (κ2) is 11.6. The van der Waals surface area contributed by atoms with Gasteiger partial charge in [-0.05, 0) is 64.1 Å². The van der Waals surface area contributed by atoms with Crippen LogP contribution in [0, 0.1) is 3.57 Å². The molecule has 5 nitrogen and oxygen atoms in total. The Hall–Kier alpha value is -3.65. The van der Waals surface area contributed by atoms with E-state index in [-0.39, 0.29) is 0 Å². The molecule has 1 atom stereocenters. The summed E-state index contributed by atoms with van der Waals surface area (Å²) in [5, 5.41) is 0. The Morgan fingerprint density at radius 2 is 1.32 bits per heavy atom. The number of hydrogen-bond donors (Lipinski definition) is 0. The van der Waals surface area contributed by atoms with Crippen molar-refractivity contribution in [2.45, 2.75) is 19.3 Å². The standard InChI is InChI=1S/C31H27IO5/c1-33-27-16-24(17-28(34-2)31(27)36-20-22-11-7-4-8-12-22)30-29(35-19-21-9-5-3-6-10-21)15-23-13-14-25(32)18-26(23)37-30/h3-18,30H,19-20H2,1-2H3. The van der Waals surface area contributed by atoms with Crippen LogP contribution in [0.3, 0.4) is 0 Å². The Morgan fingerprint density at radius 1 is 0.730 bits per heavy atom. The largest absolute Gasteiger partial charge is 0.493 e. The lowest BCUT2D eigenvalue weighted by atomic mass is 10.0. The molecule has 4 aromatic rings. The summed E-state index contributed by atoms with van der Waals surface area (Å²) < 4.78 is 31.6. The fourth-order valence-corrected chi connectivity index (χ4v) is 4.62. The van der Waals surface area contributed by atoms with Gasteiger partial charge in [0.2, 0.25) is 5.75 Å². The van der Waals surface area contributed by atoms with Gasteiger partial charge in [-0.2, -0.15) is 0 Å². The first-order valence-corrected chi connectivity index (χ1v) is 13.0. The van der Waals surface area contributed by atoms with E-state index in [0.717, 1.165) is 31.6 Å². The molecule has 1 heterocycles. The van der Waals surface area contributed by atoms with Gasteiger partial charge in [0.25, 0.3) is 0 Å². The van der Waals surface area contributed by atoms with E-state index in [9.17, 15) is 0 Å². The van der Waals surface area contributed by atoms with Crippen LogP contribution in [0.1, 0.15) is 28.4 Å². The van der Waals surface area contributed by atoms with Crippen LogP contribution in [0.5, 0.6) is 23.0 Å². The molecule has 5 rings (SSSR count). The Labute approximate surface area is 230 Å². The molecule has 0 fully saturated rings. The van der Waals surface area contributed by atoms with Gasteiger partial charge in [-0.25, -0.2) is 0 Å². The summed E-state index contributed by atoms with van der Waals surface area (Å²) >= 11 is 2.29. The normalized spacial score (nSPS) is 14.1. The van der Waals surface area contributed by atoms with E-state index in [0.29, 0.717) is 36.2 Å². The van der Waals surface area contributed by atoms with Crippen LogP contribution in [-0.2, 0) is 18.0 Å². The number of benzene rings is 4. The van der Waals surface area contributed by atoms with Gasteiger partial charge in [0.15, 0.2) is 17.6 Å². The third-order valence-electron chi connectivity index (χ3n) is 6.04. The molecule has 0 spiro atoms. The first kappa shape index (κ1) is 25.0. The summed E-state index contributed by atoms with van der Waals surface area (Å²) in [4.78, 5) is 0. The lowest BCUT2D eigenvalue weighted by Crippen LogP contribution is -2.17. The number of fused-ring (bicyclic) bond motifs is 1. The summed E-state index contributed by atoms with van der Waals surface area (Å²) in [6, 6.07) is 30.0. The fraction of sp³-hybridized carbons (Fsp3) is 0.161. The van der Waals surface area contributed by atoms with Crippen molar-refractivity contribution < 1.29 is 23.7 Å². The topological polar surface area (TPSA) is 46.2 Å². The Kier molecular flexibility index (Phi) is 7.84. The van der Waals surface area contributed by atoms with Crippen molar-refractivity contribution in [3.05, 3.63) is 123 Å². The summed E-state index contributed by atoms with van der Waals surface area (Å²) in [5.74, 6) is 3.17. The van der Waals surface area contributed by atoms with Crippen molar-refractivity contribution in [1.29, 1.82) is 0 Å². The van der Waals surface area contributed by atoms with E-state index in [1.807, 2.05) is 91.0 Å². The molecule has 0 saturated carbocycles. The minimum atomic E-state index is -0.486. The third kappa shape index (κ3) is 5.85. The number of hydrogen-bond acceptors (Lipinski definition) is 5. The zero-order valence-electron chi connectivity index (χ0n) is 20.6. The van der Waals surface area contributed by atoms with Gasteiger partial charge in [-0.15, -0.1) is 0 Å². The maximum Gasteiger partial charge on any atom is 0.203 e. The van der Waals surface area contributed by atoms with Gasteiger partial charge in [0, 0.05) is 14.7 Å². The molecule has 4 aromatic carbocycles. The summed E-state index contributed by atoms with van der Waals surface area (Å²) in [5.41, 5.74) is 3.94. The Morgan fingerprint density at radius 3 is 1.92 bits per heavy atom. The summed E-state index contributed by atoms with van der Waals surface area (Å²) in [6.45, 7) is 0.822. The molecular weight excluding hydrogens is 579 g/mol. The molecule has 0 aromatic heterocycles. The van der Waals surface area contributed by atoms with Crippen molar-refractivity contribution in [3.63, 3.8) is 0 Å². The molecule has 0 radical (unpaired) electrons. The van der Waals surface area contributed by atoms with E-state index >= 15 is 0 Å². The molecule has 1 aliphatic heterocycles. The molecular formula is C31H27IO5. The van der Waals surface area contributed by atoms with E-state index in [1.54, 1.807) is 14.2 Å². The minimum Gasteiger partial charge on any atom is -0.493 e. The van der Waals surface area contributed by atoms with Crippen molar-refractivity contribution >= 4 is 28.7 Å². The maximum absolute atomic E-state index is 6.52. The zero-order valence-corrected chi connectivity index (χ0v) is 22.8. The highest BCUT2D eigenvalue weighted by Gasteiger charge is 2.29. The molecule has 0 amide bonds. The number of ether oxygens (including phenoxy) is 5. The van der Waals surface area contributed by atoms with E-state index in [2.05, 4.69) is 28.7 Å². The Bertz CT molecular complexity index is 1360. The minimum absolute atomic E-state index is 0.393. The molecule has 6 heteroatoms. The highest BCUT2D eigenvalue weighted by Crippen LogP contribution is 2.45. The first-order chi connectivity index (χ1) is 18.1. The van der Waals surface area contributed by atoms with Crippen molar-refractivity contribution in [1.82, 2.24) is 0 Å². The number of methoxy groups -OCH3 is 2. The average molecular weight is 606 g/mol. The van der Waals surface area contributed by atoms with Gasteiger partial charge in [-0.1, -0.05) is 66.7 Å². The van der Waals surface area contributed by atoms with Gasteiger partial charge in [-0.3, -0.25) is 0 Å². The molecule has 37 heavy (non-hydrogen) atoms. The first-order valence-electron chi connectivity index (χ1n) is 11.9. The molecule has 188 valence electrons. The fourth-order valence-electron chi connectivity index (χ4n) is 4.16. The smallest absolute Gasteiger partial charge is 0.203 e. The summed E-state index contributed by atoms with van der Waals surface area (Å²) in [7, 11) is 3.24. The predicted octanol–water partition coefficient (Wildman–Crippen LogP) is 7.58. The number of rotatable bonds is 9. The van der Waals surface area contributed by atoms with Crippen LogP contribution in [-0.4, -0.2) is 14.2 Å². The highest BCUT2D eigenvalue weighted by atomic mass is 127. The van der Waals surface area contributed by atoms with Gasteiger partial charge >= 0.3 is 0 Å². The molecule has 0 N–H and O–H groups in total. The SMILES string of the molecule is COc1cc(C2Oc3cc(I)ccc3C=C2OCc2ccccc2)cc(OC)c1OCc1ccccc1. The molecule has 0 aliphatic carbocycles. The predicted molar refractivity (Wildman–Crippen MR) is 152 cm³/mol. The van der Waals surface area contributed by atoms with Crippen molar-refractivity contribution in [3.8, 4) is 23.0 Å².